The van der Waals surface area contributed by atoms with Crippen LogP contribution in [0.5, 0.6) is 0 Å². The number of nitrogens with one attached hydrogen (secondary N) is 1. The van der Waals surface area contributed by atoms with E-state index in [-0.39, 0.29) is 0 Å². The van der Waals surface area contributed by atoms with Gasteiger partial charge in [0.1, 0.15) is 6.04 Å². The molecule has 0 aromatic rings. The van der Waals surface area contributed by atoms with Gasteiger partial charge < -0.3 is 10.4 Å². The minimum atomic E-state index is -5.05. The Morgan fingerprint density at radius 2 is 1.88 bits per heavy atom. The molecule has 0 aliphatic heterocycles. The molecule has 0 saturated heterocycles. The average Bonchev–Trinajstić information content (AvgIpc) is 2.07. The minimum absolute atomic E-state index is 0.502. The van der Waals surface area contributed by atoms with Crippen molar-refractivity contribution in [1.29, 1.82) is 0 Å². The molecule has 0 radical (unpaired) electrons. The molecule has 92 valence electrons. The van der Waals surface area contributed by atoms with E-state index < -0.39 is 29.5 Å². The van der Waals surface area contributed by atoms with E-state index in [9.17, 15) is 22.8 Å². The molecule has 1 rings (SSSR count). The van der Waals surface area contributed by atoms with Crippen molar-refractivity contribution in [3.05, 3.63) is 0 Å². The van der Waals surface area contributed by atoms with Crippen LogP contribution in [0.4, 0.5) is 13.2 Å². The van der Waals surface area contributed by atoms with Gasteiger partial charge in [-0.2, -0.15) is 13.2 Å². The van der Waals surface area contributed by atoms with Crippen molar-refractivity contribution in [2.24, 2.45) is 5.41 Å². The van der Waals surface area contributed by atoms with Crippen molar-refractivity contribution in [3.8, 4) is 0 Å². The van der Waals surface area contributed by atoms with E-state index in [1.807, 2.05) is 0 Å². The maximum atomic E-state index is 12.0. The molecule has 4 nitrogen and oxygen atoms in total. The Hall–Kier alpha value is -1.27. The molecule has 2 N–H and O–H groups in total. The molecule has 0 spiro atoms. The van der Waals surface area contributed by atoms with Gasteiger partial charge in [0.25, 0.3) is 0 Å². The highest BCUT2D eigenvalue weighted by atomic mass is 19.4. The topological polar surface area (TPSA) is 66.4 Å². The fourth-order valence-corrected chi connectivity index (χ4v) is 1.77. The predicted octanol–water partition coefficient (Wildman–Crippen LogP) is 1.31. The van der Waals surface area contributed by atoms with E-state index in [4.69, 9.17) is 5.11 Å². The van der Waals surface area contributed by atoms with Crippen LogP contribution < -0.4 is 5.32 Å². The van der Waals surface area contributed by atoms with E-state index in [0.29, 0.717) is 12.8 Å². The van der Waals surface area contributed by atoms with Crippen LogP contribution in [-0.2, 0) is 9.59 Å². The van der Waals surface area contributed by atoms with Crippen molar-refractivity contribution in [2.45, 2.75) is 38.4 Å². The highest BCUT2D eigenvalue weighted by Gasteiger charge is 2.48. The molecule has 1 aliphatic carbocycles. The Morgan fingerprint density at radius 3 is 2.12 bits per heavy atom. The number of hydrogen-bond acceptors (Lipinski definition) is 2. The summed E-state index contributed by atoms with van der Waals surface area (Å²) in [7, 11) is 0. The molecule has 0 bridgehead atoms. The van der Waals surface area contributed by atoms with Gasteiger partial charge in [0.2, 0.25) is 0 Å². The normalized spacial score (nSPS) is 20.8. The van der Waals surface area contributed by atoms with Crippen molar-refractivity contribution in [1.82, 2.24) is 5.32 Å². The molecule has 1 atom stereocenters. The smallest absolute Gasteiger partial charge is 0.471 e. The highest BCUT2D eigenvalue weighted by Crippen LogP contribution is 2.43. The number of alkyl halides is 3. The summed E-state index contributed by atoms with van der Waals surface area (Å²) in [4.78, 5) is 21.5. The third-order valence-corrected chi connectivity index (χ3v) is 2.97. The molecule has 1 unspecified atom stereocenters. The lowest BCUT2D eigenvalue weighted by Gasteiger charge is -2.43. The number of carbonyl (C=O) groups excluding carboxylic acids is 1. The number of hydrogen-bond donors (Lipinski definition) is 2. The lowest BCUT2D eigenvalue weighted by Crippen LogP contribution is -2.56. The second-order valence-electron chi connectivity index (χ2n) is 4.25. The minimum Gasteiger partial charge on any atom is -0.480 e. The van der Waals surface area contributed by atoms with Crippen molar-refractivity contribution in [3.63, 3.8) is 0 Å². The fraction of sp³-hybridized carbons (Fsp3) is 0.778. The molecular weight excluding hydrogens is 227 g/mol. The third kappa shape index (κ3) is 2.45. The van der Waals surface area contributed by atoms with Crippen molar-refractivity contribution in [2.75, 3.05) is 0 Å². The number of carboxylic acids is 1. The zero-order valence-electron chi connectivity index (χ0n) is 8.60. The Labute approximate surface area is 89.8 Å². The molecule has 1 saturated carbocycles. The number of carboxylic acid groups (broad SMARTS) is 1. The van der Waals surface area contributed by atoms with Crippen LogP contribution in [0.25, 0.3) is 0 Å². The summed E-state index contributed by atoms with van der Waals surface area (Å²) in [6, 6.07) is -1.48. The van der Waals surface area contributed by atoms with Crippen LogP contribution in [-0.4, -0.2) is 29.2 Å². The Bertz CT molecular complexity index is 310. The quantitative estimate of drug-likeness (QED) is 0.780. The van der Waals surface area contributed by atoms with Gasteiger partial charge in [0.05, 0.1) is 0 Å². The van der Waals surface area contributed by atoms with Gasteiger partial charge in [-0.15, -0.1) is 0 Å². The summed E-state index contributed by atoms with van der Waals surface area (Å²) >= 11 is 0. The number of aliphatic carboxylic acids is 1. The van der Waals surface area contributed by atoms with Crippen LogP contribution >= 0.6 is 0 Å². The van der Waals surface area contributed by atoms with Crippen molar-refractivity contribution < 1.29 is 27.9 Å². The molecule has 0 heterocycles. The van der Waals surface area contributed by atoms with E-state index in [2.05, 4.69) is 0 Å². The SMILES string of the molecule is CC1(C(NC(=O)C(F)(F)F)C(=O)O)CCC1. The first-order valence-electron chi connectivity index (χ1n) is 4.77. The van der Waals surface area contributed by atoms with Gasteiger partial charge >= 0.3 is 18.1 Å². The fourth-order valence-electron chi connectivity index (χ4n) is 1.77. The van der Waals surface area contributed by atoms with Crippen LogP contribution in [0.15, 0.2) is 0 Å². The molecule has 7 heteroatoms. The summed E-state index contributed by atoms with van der Waals surface area (Å²) < 4.78 is 35.9. The molecule has 1 fully saturated rings. The van der Waals surface area contributed by atoms with Gasteiger partial charge in [-0.1, -0.05) is 13.3 Å². The Kier molecular flexibility index (Phi) is 3.16. The molecule has 0 aromatic heterocycles. The van der Waals surface area contributed by atoms with Crippen LogP contribution in [0, 0.1) is 5.41 Å². The number of rotatable bonds is 3. The first-order valence-corrected chi connectivity index (χ1v) is 4.77. The van der Waals surface area contributed by atoms with E-state index in [0.717, 1.165) is 6.42 Å². The maximum absolute atomic E-state index is 12.0. The lowest BCUT2D eigenvalue weighted by atomic mass is 9.65. The van der Waals surface area contributed by atoms with Crippen LogP contribution in [0.3, 0.4) is 0 Å². The number of halogens is 3. The van der Waals surface area contributed by atoms with E-state index >= 15 is 0 Å². The average molecular weight is 239 g/mol. The van der Waals surface area contributed by atoms with Gasteiger partial charge in [-0.05, 0) is 18.3 Å². The molecule has 1 aliphatic rings. The van der Waals surface area contributed by atoms with Gasteiger partial charge in [0.15, 0.2) is 0 Å². The monoisotopic (exact) mass is 239 g/mol. The Balaban J connectivity index is 2.74. The Morgan fingerprint density at radius 1 is 1.38 bits per heavy atom. The maximum Gasteiger partial charge on any atom is 0.471 e. The summed E-state index contributed by atoms with van der Waals surface area (Å²) in [5.41, 5.74) is -0.771. The first-order chi connectivity index (χ1) is 7.17. The molecular formula is C9H12F3NO3. The van der Waals surface area contributed by atoms with Crippen molar-refractivity contribution >= 4 is 11.9 Å². The highest BCUT2D eigenvalue weighted by molar-refractivity contribution is 5.87. The molecule has 0 aromatic carbocycles. The second-order valence-corrected chi connectivity index (χ2v) is 4.25. The second kappa shape index (κ2) is 3.95. The lowest BCUT2D eigenvalue weighted by molar-refractivity contribution is -0.177. The standard InChI is InChI=1S/C9H12F3NO3/c1-8(3-2-4-8)5(6(14)15)13-7(16)9(10,11)12/h5H,2-4H2,1H3,(H,13,16)(H,14,15). The summed E-state index contributed by atoms with van der Waals surface area (Å²) in [6.45, 7) is 1.56. The van der Waals surface area contributed by atoms with Gasteiger partial charge in [-0.25, -0.2) is 4.79 Å². The van der Waals surface area contributed by atoms with Crippen LogP contribution in [0.2, 0.25) is 0 Å². The molecule has 1 amide bonds. The van der Waals surface area contributed by atoms with Gasteiger partial charge in [-0.3, -0.25) is 4.79 Å². The molecule has 16 heavy (non-hydrogen) atoms. The van der Waals surface area contributed by atoms with E-state index in [1.54, 1.807) is 6.92 Å². The summed E-state index contributed by atoms with van der Waals surface area (Å²) in [5, 5.41) is 10.3. The van der Waals surface area contributed by atoms with Gasteiger partial charge in [0, 0.05) is 0 Å². The number of carbonyl (C=O) groups is 2. The zero-order valence-corrected chi connectivity index (χ0v) is 8.60. The van der Waals surface area contributed by atoms with Crippen LogP contribution in [0.1, 0.15) is 26.2 Å². The van der Waals surface area contributed by atoms with E-state index in [1.165, 1.54) is 5.32 Å². The predicted molar refractivity (Wildman–Crippen MR) is 47.6 cm³/mol. The first kappa shape index (κ1) is 12.8. The number of amides is 1. The summed E-state index contributed by atoms with van der Waals surface area (Å²) in [6.07, 6.45) is -3.28. The largest absolute Gasteiger partial charge is 0.480 e. The summed E-state index contributed by atoms with van der Waals surface area (Å²) in [5.74, 6) is -3.63. The third-order valence-electron chi connectivity index (χ3n) is 2.97. The zero-order chi connectivity index (χ0) is 12.6.